The lowest BCUT2D eigenvalue weighted by Gasteiger charge is -2.31. The third kappa shape index (κ3) is 5.66. The maximum Gasteiger partial charge on any atom is 0.265 e. The Morgan fingerprint density at radius 3 is 2.42 bits per heavy atom. The van der Waals surface area contributed by atoms with Crippen LogP contribution >= 0.6 is 0 Å². The molecule has 0 radical (unpaired) electrons. The number of carbonyl (C=O) groups is 2. The van der Waals surface area contributed by atoms with Gasteiger partial charge in [-0.3, -0.25) is 13.9 Å². The van der Waals surface area contributed by atoms with E-state index in [0.29, 0.717) is 22.8 Å². The van der Waals surface area contributed by atoms with Crippen LogP contribution < -0.4 is 14.4 Å². The molecule has 1 aliphatic heterocycles. The van der Waals surface area contributed by atoms with Gasteiger partial charge < -0.3 is 15.0 Å². The second kappa shape index (κ2) is 11.9. The maximum atomic E-state index is 13.6. The van der Waals surface area contributed by atoms with Crippen LogP contribution in [0.5, 0.6) is 5.75 Å². The molecule has 5 rings (SSSR count). The van der Waals surface area contributed by atoms with Crippen LogP contribution in [0, 0.1) is 0 Å². The topological polar surface area (TPSA) is 96.0 Å². The van der Waals surface area contributed by atoms with E-state index in [1.165, 1.54) is 10.7 Å². The van der Waals surface area contributed by atoms with E-state index < -0.39 is 16.1 Å². The van der Waals surface area contributed by atoms with Crippen molar-refractivity contribution in [2.75, 3.05) is 18.0 Å². The summed E-state index contributed by atoms with van der Waals surface area (Å²) < 4.78 is 33.3. The summed E-state index contributed by atoms with van der Waals surface area (Å²) in [5.41, 5.74) is 1.53. The molecular weight excluding hydrogens is 526 g/mol. The zero-order chi connectivity index (χ0) is 28.3. The Balaban J connectivity index is 1.29. The highest BCUT2D eigenvalue weighted by Crippen LogP contribution is 2.42. The lowest BCUT2D eigenvalue weighted by atomic mass is 9.95. The lowest BCUT2D eigenvalue weighted by Crippen LogP contribution is -2.50. The Kier molecular flexibility index (Phi) is 8.30. The number of methoxy groups -OCH3 is 1. The van der Waals surface area contributed by atoms with Gasteiger partial charge in [0.05, 0.1) is 17.7 Å². The number of nitrogens with one attached hydrogen (secondary N) is 1. The number of ether oxygens (including phenoxy) is 1. The first-order chi connectivity index (χ1) is 19.3. The van der Waals surface area contributed by atoms with Crippen molar-refractivity contribution in [3.8, 4) is 5.75 Å². The van der Waals surface area contributed by atoms with Crippen molar-refractivity contribution in [2.24, 2.45) is 0 Å². The van der Waals surface area contributed by atoms with Gasteiger partial charge in [0.1, 0.15) is 11.8 Å². The summed E-state index contributed by atoms with van der Waals surface area (Å²) in [5, 5.41) is 4.75. The first-order valence-corrected chi connectivity index (χ1v) is 15.5. The molecule has 40 heavy (non-hydrogen) atoms. The Morgan fingerprint density at radius 2 is 1.73 bits per heavy atom. The van der Waals surface area contributed by atoms with Gasteiger partial charge in [-0.2, -0.15) is 0 Å². The molecule has 1 atom stereocenters. The van der Waals surface area contributed by atoms with E-state index in [0.717, 1.165) is 42.0 Å². The van der Waals surface area contributed by atoms with E-state index in [2.05, 4.69) is 5.32 Å². The normalized spacial score (nSPS) is 17.0. The summed E-state index contributed by atoms with van der Waals surface area (Å²) in [6.45, 7) is 2.22. The molecule has 2 amide bonds. The van der Waals surface area contributed by atoms with Crippen molar-refractivity contribution < 1.29 is 22.7 Å². The Morgan fingerprint density at radius 1 is 1.02 bits per heavy atom. The Labute approximate surface area is 236 Å². The van der Waals surface area contributed by atoms with Gasteiger partial charge in [-0.05, 0) is 61.4 Å². The number of anilines is 1. The molecular formula is C31H37N3O5S. The van der Waals surface area contributed by atoms with E-state index >= 15 is 0 Å². The quantitative estimate of drug-likeness (QED) is 0.374. The van der Waals surface area contributed by atoms with Crippen LogP contribution in [0.1, 0.15) is 57.4 Å². The molecule has 1 heterocycles. The van der Waals surface area contributed by atoms with E-state index in [-0.39, 0.29) is 37.4 Å². The summed E-state index contributed by atoms with van der Waals surface area (Å²) in [7, 11) is -2.09. The van der Waals surface area contributed by atoms with E-state index in [1.807, 2.05) is 48.5 Å². The maximum absolute atomic E-state index is 13.6. The fourth-order valence-corrected chi connectivity index (χ4v) is 7.54. The van der Waals surface area contributed by atoms with Crippen LogP contribution in [0.2, 0.25) is 0 Å². The first kappa shape index (κ1) is 28.0. The predicted molar refractivity (Wildman–Crippen MR) is 156 cm³/mol. The third-order valence-electron chi connectivity index (χ3n) is 8.06. The summed E-state index contributed by atoms with van der Waals surface area (Å²) in [6, 6.07) is 17.8. The predicted octanol–water partition coefficient (Wildman–Crippen LogP) is 5.00. The average molecular weight is 564 g/mol. The molecule has 212 valence electrons. The zero-order valence-electron chi connectivity index (χ0n) is 23.1. The van der Waals surface area contributed by atoms with Gasteiger partial charge in [-0.1, -0.05) is 55.7 Å². The van der Waals surface area contributed by atoms with Crippen molar-refractivity contribution in [3.63, 3.8) is 0 Å². The van der Waals surface area contributed by atoms with Crippen LogP contribution in [0.25, 0.3) is 10.8 Å². The van der Waals surface area contributed by atoms with E-state index in [4.69, 9.17) is 4.74 Å². The first-order valence-electron chi connectivity index (χ1n) is 14.1. The van der Waals surface area contributed by atoms with Gasteiger partial charge in [-0.15, -0.1) is 0 Å². The molecule has 3 aromatic rings. The molecule has 0 bridgehead atoms. The number of hydrogen-bond acceptors (Lipinski definition) is 5. The largest absolute Gasteiger partial charge is 0.497 e. The monoisotopic (exact) mass is 563 g/mol. The highest BCUT2D eigenvalue weighted by Gasteiger charge is 2.35. The fraction of sp³-hybridized carbons (Fsp3) is 0.419. The molecule has 0 aromatic heterocycles. The highest BCUT2D eigenvalue weighted by atomic mass is 32.2. The van der Waals surface area contributed by atoms with Crippen molar-refractivity contribution in [3.05, 3.63) is 66.2 Å². The van der Waals surface area contributed by atoms with Crippen LogP contribution in [-0.4, -0.2) is 50.9 Å². The molecule has 1 N–H and O–H groups in total. The van der Waals surface area contributed by atoms with Gasteiger partial charge in [-0.25, -0.2) is 8.42 Å². The SMILES string of the molecule is COc1ccc(CN(C(=O)CCCN2c3cccc4cccc(c34)S2(=O)=O)C(C)C(=O)NC2CCCCC2)cc1. The van der Waals surface area contributed by atoms with Gasteiger partial charge in [0.15, 0.2) is 0 Å². The molecule has 1 unspecified atom stereocenters. The van der Waals surface area contributed by atoms with Gasteiger partial charge in [0.25, 0.3) is 10.0 Å². The van der Waals surface area contributed by atoms with Crippen molar-refractivity contribution in [1.82, 2.24) is 10.2 Å². The highest BCUT2D eigenvalue weighted by molar-refractivity contribution is 7.93. The van der Waals surface area contributed by atoms with Crippen LogP contribution in [-0.2, 0) is 26.2 Å². The van der Waals surface area contributed by atoms with E-state index in [9.17, 15) is 18.0 Å². The molecule has 0 saturated heterocycles. The number of rotatable bonds is 10. The zero-order valence-corrected chi connectivity index (χ0v) is 24.0. The fourth-order valence-electron chi connectivity index (χ4n) is 5.80. The van der Waals surface area contributed by atoms with Crippen LogP contribution in [0.15, 0.2) is 65.6 Å². The minimum atomic E-state index is -3.69. The number of hydrogen-bond donors (Lipinski definition) is 1. The molecule has 8 nitrogen and oxygen atoms in total. The smallest absolute Gasteiger partial charge is 0.265 e. The van der Waals surface area contributed by atoms with Crippen molar-refractivity contribution >= 4 is 38.3 Å². The summed E-state index contributed by atoms with van der Waals surface area (Å²) in [4.78, 5) is 28.8. The Hall–Kier alpha value is -3.59. The molecule has 2 aliphatic rings. The third-order valence-corrected chi connectivity index (χ3v) is 9.92. The molecule has 1 saturated carbocycles. The summed E-state index contributed by atoms with van der Waals surface area (Å²) in [6.07, 6.45) is 5.77. The minimum Gasteiger partial charge on any atom is -0.497 e. The number of carbonyl (C=O) groups excluding carboxylic acids is 2. The van der Waals surface area contributed by atoms with Gasteiger partial charge >= 0.3 is 0 Å². The van der Waals surface area contributed by atoms with Crippen molar-refractivity contribution in [2.45, 2.75) is 75.4 Å². The van der Waals surface area contributed by atoms with E-state index in [1.54, 1.807) is 31.1 Å². The number of sulfonamides is 1. The lowest BCUT2D eigenvalue weighted by molar-refractivity contribution is -0.141. The van der Waals surface area contributed by atoms with Crippen LogP contribution in [0.4, 0.5) is 5.69 Å². The molecule has 1 fully saturated rings. The average Bonchev–Trinajstić information content (AvgIpc) is 3.19. The summed E-state index contributed by atoms with van der Waals surface area (Å²) >= 11 is 0. The molecule has 3 aromatic carbocycles. The number of nitrogens with zero attached hydrogens (tertiary/aromatic N) is 2. The second-order valence-corrected chi connectivity index (χ2v) is 12.5. The summed E-state index contributed by atoms with van der Waals surface area (Å²) in [5.74, 6) is 0.375. The second-order valence-electron chi connectivity index (χ2n) is 10.7. The van der Waals surface area contributed by atoms with Gasteiger partial charge in [0.2, 0.25) is 11.8 Å². The van der Waals surface area contributed by atoms with Gasteiger partial charge in [0, 0.05) is 30.9 Å². The number of amides is 2. The van der Waals surface area contributed by atoms with Crippen molar-refractivity contribution in [1.29, 1.82) is 0 Å². The molecule has 1 aliphatic carbocycles. The Bertz CT molecular complexity index is 1480. The molecule has 9 heteroatoms. The number of benzene rings is 3. The molecule has 0 spiro atoms. The van der Waals surface area contributed by atoms with Crippen LogP contribution in [0.3, 0.4) is 0 Å². The minimum absolute atomic E-state index is 0.121. The standard InChI is InChI=1S/C31H37N3O5S/c1-22(31(36)32-25-11-4-3-5-12-25)33(21-23-16-18-26(39-2)19-17-23)29(35)15-8-20-34-27-13-6-9-24-10-7-14-28(30(24)27)40(34,37)38/h6-7,9-10,13-14,16-19,22,25H,3-5,8,11-12,15,20-21H2,1-2H3,(H,32,36).